The maximum atomic E-state index is 12.4. The summed E-state index contributed by atoms with van der Waals surface area (Å²) in [6, 6.07) is 12.6. The van der Waals surface area contributed by atoms with E-state index >= 15 is 0 Å². The molecule has 1 aromatic heterocycles. The van der Waals surface area contributed by atoms with E-state index in [2.05, 4.69) is 9.89 Å². The van der Waals surface area contributed by atoms with Crippen LogP contribution in [-0.4, -0.2) is 29.4 Å². The number of carbonyl (C=O) groups is 1. The summed E-state index contributed by atoms with van der Waals surface area (Å²) >= 11 is 0. The van der Waals surface area contributed by atoms with Crippen LogP contribution in [-0.2, 0) is 17.8 Å². The van der Waals surface area contributed by atoms with Crippen molar-refractivity contribution in [1.29, 1.82) is 0 Å². The number of fused-ring (bicyclic) bond motifs is 1. The molecule has 0 bridgehead atoms. The maximum absolute atomic E-state index is 12.4. The first-order valence-electron chi connectivity index (χ1n) is 7.74. The minimum absolute atomic E-state index is 0.0722. The minimum Gasteiger partial charge on any atom is -0.406 e. The molecule has 0 spiro atoms. The van der Waals surface area contributed by atoms with E-state index in [1.165, 1.54) is 29.2 Å². The van der Waals surface area contributed by atoms with E-state index in [4.69, 9.17) is 4.52 Å². The highest BCUT2D eigenvalue weighted by Gasteiger charge is 2.31. The maximum Gasteiger partial charge on any atom is 0.573 e. The van der Waals surface area contributed by atoms with E-state index in [0.29, 0.717) is 16.8 Å². The SMILES string of the molecule is CN(Cc1ccc(OC(F)(F)F)cc1)C(=O)Cc1noc2ccccc12. The molecule has 0 N–H and O–H groups in total. The zero-order valence-corrected chi connectivity index (χ0v) is 13.8. The third-order valence-corrected chi connectivity index (χ3v) is 3.77. The van der Waals surface area contributed by atoms with Crippen LogP contribution in [0.5, 0.6) is 5.75 Å². The first-order valence-corrected chi connectivity index (χ1v) is 7.74. The second kappa shape index (κ2) is 7.07. The van der Waals surface area contributed by atoms with Crippen LogP contribution in [0, 0.1) is 0 Å². The average Bonchev–Trinajstić information content (AvgIpc) is 2.98. The van der Waals surface area contributed by atoms with Crippen LogP contribution in [0.2, 0.25) is 0 Å². The fraction of sp³-hybridized carbons (Fsp3) is 0.222. The Balaban J connectivity index is 1.62. The monoisotopic (exact) mass is 364 g/mol. The fourth-order valence-electron chi connectivity index (χ4n) is 2.50. The third-order valence-electron chi connectivity index (χ3n) is 3.77. The van der Waals surface area contributed by atoms with Crippen LogP contribution in [0.25, 0.3) is 11.0 Å². The van der Waals surface area contributed by atoms with Crippen molar-refractivity contribution >= 4 is 16.9 Å². The van der Waals surface area contributed by atoms with Crippen LogP contribution in [0.4, 0.5) is 13.2 Å². The molecule has 136 valence electrons. The number of rotatable bonds is 5. The smallest absolute Gasteiger partial charge is 0.406 e. The number of aromatic nitrogens is 1. The van der Waals surface area contributed by atoms with Gasteiger partial charge in [-0.05, 0) is 29.8 Å². The van der Waals surface area contributed by atoms with E-state index in [1.807, 2.05) is 18.2 Å². The molecule has 0 fully saturated rings. The van der Waals surface area contributed by atoms with Crippen molar-refractivity contribution < 1.29 is 27.2 Å². The quantitative estimate of drug-likeness (QED) is 0.688. The number of para-hydroxylation sites is 1. The average molecular weight is 364 g/mol. The van der Waals surface area contributed by atoms with Gasteiger partial charge < -0.3 is 14.2 Å². The van der Waals surface area contributed by atoms with Gasteiger partial charge in [0, 0.05) is 19.0 Å². The molecule has 26 heavy (non-hydrogen) atoms. The van der Waals surface area contributed by atoms with Crippen molar-refractivity contribution in [3.8, 4) is 5.75 Å². The molecule has 0 saturated carbocycles. The zero-order chi connectivity index (χ0) is 18.7. The van der Waals surface area contributed by atoms with Crippen molar-refractivity contribution in [2.75, 3.05) is 7.05 Å². The Bertz CT molecular complexity index is 904. The number of alkyl halides is 3. The van der Waals surface area contributed by atoms with Gasteiger partial charge in [0.25, 0.3) is 0 Å². The lowest BCUT2D eigenvalue weighted by Crippen LogP contribution is -2.27. The van der Waals surface area contributed by atoms with Gasteiger partial charge in [-0.15, -0.1) is 13.2 Å². The number of halogens is 3. The molecule has 1 amide bonds. The summed E-state index contributed by atoms with van der Waals surface area (Å²) in [5.74, 6) is -0.482. The Morgan fingerprint density at radius 1 is 1.15 bits per heavy atom. The molecule has 0 aliphatic heterocycles. The normalized spacial score (nSPS) is 11.5. The van der Waals surface area contributed by atoms with Gasteiger partial charge in [-0.1, -0.05) is 29.4 Å². The van der Waals surface area contributed by atoms with E-state index in [0.717, 1.165) is 5.39 Å². The first-order chi connectivity index (χ1) is 12.3. The number of hydrogen-bond acceptors (Lipinski definition) is 4. The number of likely N-dealkylation sites (N-methyl/N-ethyl adjacent to an activating group) is 1. The summed E-state index contributed by atoms with van der Waals surface area (Å²) < 4.78 is 45.5. The molecule has 0 aliphatic carbocycles. The largest absolute Gasteiger partial charge is 0.573 e. The second-order valence-electron chi connectivity index (χ2n) is 5.74. The lowest BCUT2D eigenvalue weighted by atomic mass is 10.1. The molecule has 3 rings (SSSR count). The van der Waals surface area contributed by atoms with Crippen LogP contribution in [0.3, 0.4) is 0 Å². The van der Waals surface area contributed by atoms with Crippen molar-refractivity contribution in [3.05, 3.63) is 59.8 Å². The van der Waals surface area contributed by atoms with E-state index in [1.54, 1.807) is 13.1 Å². The number of carbonyl (C=O) groups excluding carboxylic acids is 1. The van der Waals surface area contributed by atoms with E-state index < -0.39 is 6.36 Å². The molecule has 2 aromatic carbocycles. The molecule has 0 unspecified atom stereocenters. The molecular formula is C18H15F3N2O3. The Morgan fingerprint density at radius 3 is 2.54 bits per heavy atom. The van der Waals surface area contributed by atoms with Gasteiger partial charge >= 0.3 is 6.36 Å². The fourth-order valence-corrected chi connectivity index (χ4v) is 2.50. The Labute approximate surface area is 146 Å². The van der Waals surface area contributed by atoms with E-state index in [-0.39, 0.29) is 24.6 Å². The molecule has 0 atom stereocenters. The second-order valence-corrected chi connectivity index (χ2v) is 5.74. The zero-order valence-electron chi connectivity index (χ0n) is 13.8. The number of nitrogens with zero attached hydrogens (tertiary/aromatic N) is 2. The van der Waals surface area contributed by atoms with Gasteiger partial charge in [-0.25, -0.2) is 0 Å². The van der Waals surface area contributed by atoms with E-state index in [9.17, 15) is 18.0 Å². The highest BCUT2D eigenvalue weighted by molar-refractivity contribution is 5.86. The highest BCUT2D eigenvalue weighted by atomic mass is 19.4. The van der Waals surface area contributed by atoms with Crippen LogP contribution in [0.15, 0.2) is 53.1 Å². The first kappa shape index (κ1) is 17.8. The summed E-state index contributed by atoms with van der Waals surface area (Å²) in [5, 5.41) is 4.71. The lowest BCUT2D eigenvalue weighted by molar-refractivity contribution is -0.274. The molecule has 5 nitrogen and oxygen atoms in total. The van der Waals surface area contributed by atoms with Gasteiger partial charge in [0.2, 0.25) is 5.91 Å². The van der Waals surface area contributed by atoms with Crippen LogP contribution in [0.1, 0.15) is 11.3 Å². The molecule has 1 heterocycles. The Morgan fingerprint density at radius 2 is 1.85 bits per heavy atom. The number of ether oxygens (including phenoxy) is 1. The topological polar surface area (TPSA) is 55.6 Å². The van der Waals surface area contributed by atoms with Gasteiger partial charge in [-0.3, -0.25) is 4.79 Å². The van der Waals surface area contributed by atoms with Gasteiger partial charge in [0.05, 0.1) is 6.42 Å². The third kappa shape index (κ3) is 4.33. The summed E-state index contributed by atoms with van der Waals surface area (Å²) in [7, 11) is 1.62. The molecule has 0 saturated heterocycles. The molecule has 3 aromatic rings. The van der Waals surface area contributed by atoms with Crippen molar-refractivity contribution in [2.45, 2.75) is 19.3 Å². The van der Waals surface area contributed by atoms with Crippen LogP contribution >= 0.6 is 0 Å². The van der Waals surface area contributed by atoms with Crippen LogP contribution < -0.4 is 4.74 Å². The van der Waals surface area contributed by atoms with Crippen molar-refractivity contribution in [2.24, 2.45) is 0 Å². The summed E-state index contributed by atoms with van der Waals surface area (Å²) in [5.41, 5.74) is 1.84. The Hall–Kier alpha value is -3.03. The number of benzene rings is 2. The number of amides is 1. The lowest BCUT2D eigenvalue weighted by Gasteiger charge is -2.17. The van der Waals surface area contributed by atoms with Gasteiger partial charge in [0.1, 0.15) is 11.4 Å². The van der Waals surface area contributed by atoms with Gasteiger partial charge in [0.15, 0.2) is 5.58 Å². The standard InChI is InChI=1S/C18H15F3N2O3/c1-23(11-12-6-8-13(9-7-12)25-18(19,20)21)17(24)10-15-14-4-2-3-5-16(14)26-22-15/h2-9H,10-11H2,1H3. The minimum atomic E-state index is -4.73. The highest BCUT2D eigenvalue weighted by Crippen LogP contribution is 2.23. The summed E-state index contributed by atoms with van der Waals surface area (Å²) in [6.45, 7) is 0.251. The summed E-state index contributed by atoms with van der Waals surface area (Å²) in [4.78, 5) is 13.9. The Kier molecular flexibility index (Phi) is 4.83. The molecular weight excluding hydrogens is 349 g/mol. The van der Waals surface area contributed by atoms with Crippen molar-refractivity contribution in [1.82, 2.24) is 10.1 Å². The predicted molar refractivity (Wildman–Crippen MR) is 87.3 cm³/mol. The van der Waals surface area contributed by atoms with Crippen molar-refractivity contribution in [3.63, 3.8) is 0 Å². The molecule has 0 aliphatic rings. The van der Waals surface area contributed by atoms with Gasteiger partial charge in [-0.2, -0.15) is 0 Å². The molecule has 0 radical (unpaired) electrons. The molecule has 8 heteroatoms. The number of hydrogen-bond donors (Lipinski definition) is 0. The predicted octanol–water partition coefficient (Wildman–Crippen LogP) is 3.93. The summed E-state index contributed by atoms with van der Waals surface area (Å²) in [6.07, 6.45) is -4.66.